The first kappa shape index (κ1) is 13.5. The standard InChI is InChI=1S/C12H13.2ClH.Hf/c1-8-4-5-11-6-9(2)10(3)7-12(8)11;;;/h4-7H,1-3H3;2*1H;/q;;;+2/p-2. The van der Waals surface area contributed by atoms with Gasteiger partial charge in [0.1, 0.15) is 0 Å². The topological polar surface area (TPSA) is 0 Å². The Labute approximate surface area is 110 Å². The molecular weight excluding hydrogens is 394 g/mol. The summed E-state index contributed by atoms with van der Waals surface area (Å²) in [7, 11) is 9.92. The van der Waals surface area contributed by atoms with Gasteiger partial charge < -0.3 is 0 Å². The number of hydrogen-bond acceptors (Lipinski definition) is 0. The molecule has 0 aliphatic heterocycles. The molecule has 0 unspecified atom stereocenters. The Morgan fingerprint density at radius 2 is 1.47 bits per heavy atom. The molecule has 0 N–H and O–H groups in total. The van der Waals surface area contributed by atoms with Crippen molar-refractivity contribution in [3.05, 3.63) is 46.4 Å². The summed E-state index contributed by atoms with van der Waals surface area (Å²) in [5, 5.41) is 0. The van der Waals surface area contributed by atoms with Crippen molar-refractivity contribution < 1.29 is 20.5 Å². The predicted octanol–water partition coefficient (Wildman–Crippen LogP) is 4.65. The van der Waals surface area contributed by atoms with Crippen LogP contribution in [0.15, 0.2) is 18.2 Å². The van der Waals surface area contributed by atoms with Crippen LogP contribution in [0.25, 0.3) is 6.08 Å². The zero-order chi connectivity index (χ0) is 11.4. The van der Waals surface area contributed by atoms with E-state index in [0.29, 0.717) is 0 Å². The molecule has 0 saturated carbocycles. The second-order valence-electron chi connectivity index (χ2n) is 3.61. The molecule has 0 nitrogen and oxygen atoms in total. The van der Waals surface area contributed by atoms with Crippen LogP contribution in [-0.4, -0.2) is 0 Å². The van der Waals surface area contributed by atoms with Crippen molar-refractivity contribution >= 4 is 23.2 Å². The fraction of sp³-hybridized carbons (Fsp3) is 0.250. The van der Waals surface area contributed by atoms with Crippen molar-refractivity contribution in [3.63, 3.8) is 0 Å². The number of hydrogen-bond donors (Lipinski definition) is 0. The van der Waals surface area contributed by atoms with E-state index in [9.17, 15) is 0 Å². The van der Waals surface area contributed by atoms with Gasteiger partial charge in [0.15, 0.2) is 0 Å². The minimum absolute atomic E-state index is 0.972. The molecule has 0 heterocycles. The van der Waals surface area contributed by atoms with Gasteiger partial charge in [0.25, 0.3) is 0 Å². The van der Waals surface area contributed by atoms with Gasteiger partial charge in [-0.25, -0.2) is 0 Å². The van der Waals surface area contributed by atoms with Crippen LogP contribution >= 0.6 is 17.2 Å². The molecule has 0 bridgehead atoms. The number of allylic oxidation sites excluding steroid dienone is 1. The molecule has 79 valence electrons. The number of fused-ring (bicyclic) bond motifs is 1. The Hall–Kier alpha value is 0.410. The van der Waals surface area contributed by atoms with Crippen LogP contribution in [0, 0.1) is 19.8 Å². The van der Waals surface area contributed by atoms with Gasteiger partial charge in [0.05, 0.1) is 0 Å². The average molecular weight is 407 g/mol. The van der Waals surface area contributed by atoms with Crippen molar-refractivity contribution in [1.29, 1.82) is 0 Å². The maximum absolute atomic E-state index is 4.96. The Bertz CT molecular complexity index is 372. The SMILES string of the molecule is C[C]1C=Cc2cc(C)c(C)cc21.[Cl][Hf][Cl]. The quantitative estimate of drug-likeness (QED) is 0.550. The molecule has 0 saturated heterocycles. The van der Waals surface area contributed by atoms with Crippen LogP contribution in [0.2, 0.25) is 0 Å². The van der Waals surface area contributed by atoms with Crippen molar-refractivity contribution in [3.8, 4) is 0 Å². The minimum atomic E-state index is -0.972. The fourth-order valence-corrected chi connectivity index (χ4v) is 1.62. The van der Waals surface area contributed by atoms with E-state index in [1.165, 1.54) is 28.2 Å². The van der Waals surface area contributed by atoms with Crippen LogP contribution < -0.4 is 0 Å². The predicted molar refractivity (Wildman–Crippen MR) is 64.7 cm³/mol. The first-order valence-electron chi connectivity index (χ1n) is 4.69. The summed E-state index contributed by atoms with van der Waals surface area (Å²) in [5.74, 6) is 1.38. The first-order valence-corrected chi connectivity index (χ1v) is 13.6. The number of aryl methyl sites for hydroxylation is 2. The fourth-order valence-electron chi connectivity index (χ4n) is 1.62. The Kier molecular flexibility index (Phi) is 5.59. The van der Waals surface area contributed by atoms with Gasteiger partial charge in [-0.1, -0.05) is 31.2 Å². The van der Waals surface area contributed by atoms with Crippen molar-refractivity contribution in [2.45, 2.75) is 20.8 Å². The maximum atomic E-state index is 4.96. The van der Waals surface area contributed by atoms with E-state index in [2.05, 4.69) is 45.1 Å². The van der Waals surface area contributed by atoms with E-state index in [-0.39, 0.29) is 0 Å². The average Bonchev–Trinajstić information content (AvgIpc) is 2.51. The number of rotatable bonds is 0. The molecule has 0 fully saturated rings. The van der Waals surface area contributed by atoms with Gasteiger partial charge >= 0.3 is 37.7 Å². The molecule has 1 aromatic rings. The normalized spacial score (nSPS) is 13.1. The van der Waals surface area contributed by atoms with Crippen LogP contribution in [0.3, 0.4) is 0 Å². The van der Waals surface area contributed by atoms with Crippen molar-refractivity contribution in [2.24, 2.45) is 0 Å². The van der Waals surface area contributed by atoms with Gasteiger partial charge in [0.2, 0.25) is 0 Å². The van der Waals surface area contributed by atoms with E-state index < -0.39 is 20.5 Å². The molecule has 1 aliphatic rings. The summed E-state index contributed by atoms with van der Waals surface area (Å²) in [5.41, 5.74) is 5.54. The molecule has 1 radical (unpaired) electrons. The molecule has 2 rings (SSSR count). The summed E-state index contributed by atoms with van der Waals surface area (Å²) in [6.07, 6.45) is 4.38. The van der Waals surface area contributed by atoms with Crippen LogP contribution in [0.1, 0.15) is 29.2 Å². The van der Waals surface area contributed by atoms with Crippen molar-refractivity contribution in [2.75, 3.05) is 0 Å². The molecule has 0 aromatic heterocycles. The van der Waals surface area contributed by atoms with E-state index in [4.69, 9.17) is 17.2 Å². The van der Waals surface area contributed by atoms with E-state index >= 15 is 0 Å². The Balaban J connectivity index is 0.000000337. The summed E-state index contributed by atoms with van der Waals surface area (Å²) in [6.45, 7) is 6.50. The Morgan fingerprint density at radius 1 is 0.933 bits per heavy atom. The third kappa shape index (κ3) is 3.44. The van der Waals surface area contributed by atoms with Crippen LogP contribution in [-0.2, 0) is 20.5 Å². The summed E-state index contributed by atoms with van der Waals surface area (Å²) in [4.78, 5) is 0. The summed E-state index contributed by atoms with van der Waals surface area (Å²) >= 11 is -0.972. The Morgan fingerprint density at radius 3 is 2.07 bits per heavy atom. The van der Waals surface area contributed by atoms with Crippen LogP contribution in [0.5, 0.6) is 0 Å². The molecular formula is C12H13Cl2Hf. The number of benzene rings is 1. The molecule has 0 spiro atoms. The van der Waals surface area contributed by atoms with Crippen molar-refractivity contribution in [1.82, 2.24) is 0 Å². The van der Waals surface area contributed by atoms with Gasteiger partial charge in [-0.05, 0) is 36.1 Å². The second-order valence-corrected chi connectivity index (χ2v) is 8.80. The molecule has 0 atom stereocenters. The van der Waals surface area contributed by atoms with Gasteiger partial charge in [0, 0.05) is 5.92 Å². The van der Waals surface area contributed by atoms with E-state index in [0.717, 1.165) is 0 Å². The van der Waals surface area contributed by atoms with Crippen LogP contribution in [0.4, 0.5) is 0 Å². The monoisotopic (exact) mass is 407 g/mol. The van der Waals surface area contributed by atoms with Gasteiger partial charge in [-0.15, -0.1) is 0 Å². The second kappa shape index (κ2) is 6.22. The molecule has 1 aromatic carbocycles. The summed E-state index contributed by atoms with van der Waals surface area (Å²) < 4.78 is 0. The molecule has 1 aliphatic carbocycles. The third-order valence-electron chi connectivity index (χ3n) is 2.60. The van der Waals surface area contributed by atoms with Gasteiger partial charge in [-0.3, -0.25) is 0 Å². The van der Waals surface area contributed by atoms with Gasteiger partial charge in [-0.2, -0.15) is 0 Å². The third-order valence-corrected chi connectivity index (χ3v) is 2.60. The zero-order valence-corrected chi connectivity index (χ0v) is 14.2. The molecule has 0 amide bonds. The van der Waals surface area contributed by atoms with E-state index in [1.807, 2.05) is 0 Å². The zero-order valence-electron chi connectivity index (χ0n) is 9.07. The first-order chi connectivity index (χ1) is 7.10. The molecule has 15 heavy (non-hydrogen) atoms. The molecule has 3 heteroatoms. The number of halogens is 2. The summed E-state index contributed by atoms with van der Waals surface area (Å²) in [6, 6.07) is 4.54. The van der Waals surface area contributed by atoms with E-state index in [1.54, 1.807) is 0 Å².